The highest BCUT2D eigenvalue weighted by Crippen LogP contribution is 2.27. The van der Waals surface area contributed by atoms with Crippen LogP contribution in [0.5, 0.6) is 11.5 Å². The lowest BCUT2D eigenvalue weighted by molar-refractivity contribution is -0.143. The number of rotatable bonds is 10. The van der Waals surface area contributed by atoms with Crippen molar-refractivity contribution in [2.45, 2.75) is 13.3 Å². The fourth-order valence-electron chi connectivity index (χ4n) is 2.14. The van der Waals surface area contributed by atoms with Gasteiger partial charge >= 0.3 is 5.97 Å². The molecule has 1 aromatic carbocycles. The van der Waals surface area contributed by atoms with Gasteiger partial charge in [-0.15, -0.1) is 6.58 Å². The molecule has 0 fully saturated rings. The molecule has 0 bridgehead atoms. The standard InChI is InChI=1S/C19H25NO5/c1-5-12-20(13-11-19(22)25-6-2)18(21)10-8-15-7-9-16(23-3)17(14-15)24-4/h5,7-10,14H,1,6,11-13H2,2-4H3/b10-8+. The van der Waals surface area contributed by atoms with Crippen LogP contribution >= 0.6 is 0 Å². The van der Waals surface area contributed by atoms with Crippen molar-refractivity contribution in [3.63, 3.8) is 0 Å². The molecule has 0 radical (unpaired) electrons. The number of hydrogen-bond acceptors (Lipinski definition) is 5. The summed E-state index contributed by atoms with van der Waals surface area (Å²) in [6, 6.07) is 5.37. The Morgan fingerprint density at radius 2 is 1.92 bits per heavy atom. The molecule has 6 nitrogen and oxygen atoms in total. The quantitative estimate of drug-likeness (QED) is 0.370. The molecule has 0 unspecified atom stereocenters. The van der Waals surface area contributed by atoms with Gasteiger partial charge in [0, 0.05) is 19.2 Å². The van der Waals surface area contributed by atoms with Crippen LogP contribution in [-0.4, -0.2) is 50.7 Å². The number of amides is 1. The number of nitrogens with zero attached hydrogens (tertiary/aromatic N) is 1. The Morgan fingerprint density at radius 3 is 2.52 bits per heavy atom. The molecule has 0 aromatic heterocycles. The van der Waals surface area contributed by atoms with Gasteiger partial charge in [-0.1, -0.05) is 12.1 Å². The fraction of sp³-hybridized carbons (Fsp3) is 0.368. The second-order valence-electron chi connectivity index (χ2n) is 5.08. The molecule has 0 spiro atoms. The number of ether oxygens (including phenoxy) is 3. The van der Waals surface area contributed by atoms with Gasteiger partial charge in [0.2, 0.25) is 5.91 Å². The van der Waals surface area contributed by atoms with Crippen LogP contribution in [0.2, 0.25) is 0 Å². The highest BCUT2D eigenvalue weighted by Gasteiger charge is 2.12. The Hall–Kier alpha value is -2.76. The third kappa shape index (κ3) is 6.71. The van der Waals surface area contributed by atoms with E-state index in [0.29, 0.717) is 24.7 Å². The first kappa shape index (κ1) is 20.3. The Bertz CT molecular complexity index is 624. The number of carbonyl (C=O) groups excluding carboxylic acids is 2. The predicted octanol–water partition coefficient (Wildman–Crippen LogP) is 2.68. The molecule has 0 saturated heterocycles. The monoisotopic (exact) mass is 347 g/mol. The van der Waals surface area contributed by atoms with E-state index >= 15 is 0 Å². The van der Waals surface area contributed by atoms with E-state index in [9.17, 15) is 9.59 Å². The van der Waals surface area contributed by atoms with Gasteiger partial charge in [0.05, 0.1) is 27.2 Å². The number of methoxy groups -OCH3 is 2. The first-order valence-corrected chi connectivity index (χ1v) is 8.01. The van der Waals surface area contributed by atoms with Crippen LogP contribution in [0, 0.1) is 0 Å². The Morgan fingerprint density at radius 1 is 1.20 bits per heavy atom. The molecule has 136 valence electrons. The molecule has 0 atom stereocenters. The lowest BCUT2D eigenvalue weighted by Gasteiger charge is -2.18. The molecular formula is C19H25NO5. The molecule has 6 heteroatoms. The number of esters is 1. The topological polar surface area (TPSA) is 65.1 Å². The number of benzene rings is 1. The van der Waals surface area contributed by atoms with E-state index in [4.69, 9.17) is 14.2 Å². The van der Waals surface area contributed by atoms with Gasteiger partial charge in [0.15, 0.2) is 11.5 Å². The summed E-state index contributed by atoms with van der Waals surface area (Å²) in [7, 11) is 3.12. The van der Waals surface area contributed by atoms with Crippen molar-refractivity contribution in [1.82, 2.24) is 4.90 Å². The van der Waals surface area contributed by atoms with E-state index in [1.54, 1.807) is 45.4 Å². The third-order valence-electron chi connectivity index (χ3n) is 3.38. The highest BCUT2D eigenvalue weighted by atomic mass is 16.5. The second-order valence-corrected chi connectivity index (χ2v) is 5.08. The average Bonchev–Trinajstić information content (AvgIpc) is 2.63. The van der Waals surface area contributed by atoms with Crippen LogP contribution in [0.15, 0.2) is 36.9 Å². The summed E-state index contributed by atoms with van der Waals surface area (Å²) in [5.74, 6) is 0.670. The lowest BCUT2D eigenvalue weighted by atomic mass is 10.2. The van der Waals surface area contributed by atoms with Crippen molar-refractivity contribution in [1.29, 1.82) is 0 Å². The van der Waals surface area contributed by atoms with Crippen LogP contribution in [0.1, 0.15) is 18.9 Å². The minimum Gasteiger partial charge on any atom is -0.493 e. The van der Waals surface area contributed by atoms with Gasteiger partial charge in [0.25, 0.3) is 0 Å². The number of hydrogen-bond donors (Lipinski definition) is 0. The normalized spacial score (nSPS) is 10.4. The lowest BCUT2D eigenvalue weighted by Crippen LogP contribution is -2.32. The van der Waals surface area contributed by atoms with Gasteiger partial charge in [-0.3, -0.25) is 9.59 Å². The highest BCUT2D eigenvalue weighted by molar-refractivity contribution is 5.92. The summed E-state index contributed by atoms with van der Waals surface area (Å²) in [6.07, 6.45) is 4.91. The molecule has 25 heavy (non-hydrogen) atoms. The van der Waals surface area contributed by atoms with Crippen LogP contribution in [0.4, 0.5) is 0 Å². The van der Waals surface area contributed by atoms with Crippen molar-refractivity contribution in [3.8, 4) is 11.5 Å². The summed E-state index contributed by atoms with van der Waals surface area (Å²) in [5.41, 5.74) is 0.801. The predicted molar refractivity (Wildman–Crippen MR) is 96.6 cm³/mol. The molecule has 0 aliphatic carbocycles. The number of carbonyl (C=O) groups is 2. The first-order chi connectivity index (χ1) is 12.0. The average molecular weight is 347 g/mol. The van der Waals surface area contributed by atoms with Crippen LogP contribution in [-0.2, 0) is 14.3 Å². The van der Waals surface area contributed by atoms with Crippen molar-refractivity contribution >= 4 is 18.0 Å². The molecule has 0 N–H and O–H groups in total. The van der Waals surface area contributed by atoms with Gasteiger partial charge in [-0.25, -0.2) is 0 Å². The summed E-state index contributed by atoms with van der Waals surface area (Å²) < 4.78 is 15.3. The van der Waals surface area contributed by atoms with E-state index in [2.05, 4.69) is 6.58 Å². The largest absolute Gasteiger partial charge is 0.493 e. The summed E-state index contributed by atoms with van der Waals surface area (Å²) in [6.45, 7) is 6.35. The summed E-state index contributed by atoms with van der Waals surface area (Å²) >= 11 is 0. The van der Waals surface area contributed by atoms with Crippen LogP contribution in [0.25, 0.3) is 6.08 Å². The molecular weight excluding hydrogens is 322 g/mol. The van der Waals surface area contributed by atoms with Crippen molar-refractivity contribution in [2.24, 2.45) is 0 Å². The minimum absolute atomic E-state index is 0.150. The third-order valence-corrected chi connectivity index (χ3v) is 3.38. The molecule has 0 saturated carbocycles. The Balaban J connectivity index is 2.76. The molecule has 0 aliphatic rings. The molecule has 0 aliphatic heterocycles. The van der Waals surface area contributed by atoms with Crippen LogP contribution < -0.4 is 9.47 Å². The molecule has 0 heterocycles. The summed E-state index contributed by atoms with van der Waals surface area (Å²) in [4.78, 5) is 25.3. The van der Waals surface area contributed by atoms with E-state index in [1.807, 2.05) is 6.07 Å². The van der Waals surface area contributed by atoms with Crippen molar-refractivity contribution in [3.05, 3.63) is 42.5 Å². The minimum atomic E-state index is -0.326. The van der Waals surface area contributed by atoms with E-state index in [-0.39, 0.29) is 24.8 Å². The molecule has 1 aromatic rings. The van der Waals surface area contributed by atoms with E-state index in [1.165, 1.54) is 11.0 Å². The Kier molecular flexibility index (Phi) is 8.85. The zero-order valence-electron chi connectivity index (χ0n) is 15.0. The van der Waals surface area contributed by atoms with Gasteiger partial charge in [0.1, 0.15) is 0 Å². The zero-order valence-corrected chi connectivity index (χ0v) is 15.0. The van der Waals surface area contributed by atoms with E-state index < -0.39 is 0 Å². The SMILES string of the molecule is C=CCN(CCC(=O)OCC)C(=O)/C=C/c1ccc(OC)c(OC)c1. The van der Waals surface area contributed by atoms with Crippen LogP contribution in [0.3, 0.4) is 0 Å². The van der Waals surface area contributed by atoms with Gasteiger partial charge in [-0.2, -0.15) is 0 Å². The van der Waals surface area contributed by atoms with E-state index in [0.717, 1.165) is 5.56 Å². The maximum Gasteiger partial charge on any atom is 0.307 e. The van der Waals surface area contributed by atoms with Crippen molar-refractivity contribution in [2.75, 3.05) is 33.9 Å². The zero-order chi connectivity index (χ0) is 18.7. The van der Waals surface area contributed by atoms with Gasteiger partial charge < -0.3 is 19.1 Å². The maximum absolute atomic E-state index is 12.3. The summed E-state index contributed by atoms with van der Waals surface area (Å²) in [5, 5.41) is 0. The van der Waals surface area contributed by atoms with Gasteiger partial charge in [-0.05, 0) is 30.7 Å². The first-order valence-electron chi connectivity index (χ1n) is 8.01. The molecule has 1 rings (SSSR count). The second kappa shape index (κ2) is 10.9. The fourth-order valence-corrected chi connectivity index (χ4v) is 2.14. The maximum atomic E-state index is 12.3. The molecule has 1 amide bonds. The van der Waals surface area contributed by atoms with Crippen molar-refractivity contribution < 1.29 is 23.8 Å². The smallest absolute Gasteiger partial charge is 0.307 e. The Labute approximate surface area is 148 Å².